The van der Waals surface area contributed by atoms with E-state index in [1.807, 2.05) is 47.1 Å². The molecule has 1 aliphatic rings. The van der Waals surface area contributed by atoms with Crippen molar-refractivity contribution in [3.8, 4) is 0 Å². The van der Waals surface area contributed by atoms with Gasteiger partial charge in [0.25, 0.3) is 0 Å². The van der Waals surface area contributed by atoms with Crippen LogP contribution in [0, 0.1) is 5.92 Å². The van der Waals surface area contributed by atoms with Gasteiger partial charge in [0.2, 0.25) is 11.8 Å². The summed E-state index contributed by atoms with van der Waals surface area (Å²) in [5.74, 6) is -0.0135. The van der Waals surface area contributed by atoms with Crippen LogP contribution in [0.15, 0.2) is 48.7 Å². The van der Waals surface area contributed by atoms with Crippen molar-refractivity contribution < 1.29 is 9.59 Å². The summed E-state index contributed by atoms with van der Waals surface area (Å²) in [7, 11) is 0. The van der Waals surface area contributed by atoms with Gasteiger partial charge in [-0.3, -0.25) is 14.6 Å². The highest BCUT2D eigenvalue weighted by Crippen LogP contribution is 2.18. The van der Waals surface area contributed by atoms with E-state index in [-0.39, 0.29) is 17.7 Å². The predicted molar refractivity (Wildman–Crippen MR) is 112 cm³/mol. The number of carbonyl (C=O) groups excluding carboxylic acids is 2. The van der Waals surface area contributed by atoms with Crippen LogP contribution in [-0.4, -0.2) is 56.3 Å². The largest absolute Gasteiger partial charge is 0.356 e. The van der Waals surface area contributed by atoms with Crippen LogP contribution in [0.5, 0.6) is 0 Å². The SMILES string of the molecule is O=C(NCCCn1nnc2ccccc21)C1CCC(=O)N(CCc2ccccn2)C1. The number of aromatic nitrogens is 4. The Labute approximate surface area is 175 Å². The number of nitrogens with zero attached hydrogens (tertiary/aromatic N) is 5. The molecule has 1 aliphatic heterocycles. The molecule has 1 N–H and O–H groups in total. The number of para-hydroxylation sites is 1. The summed E-state index contributed by atoms with van der Waals surface area (Å²) >= 11 is 0. The lowest BCUT2D eigenvalue weighted by atomic mass is 9.96. The molecule has 0 aliphatic carbocycles. The van der Waals surface area contributed by atoms with Gasteiger partial charge in [0.05, 0.1) is 11.4 Å². The molecule has 0 bridgehead atoms. The fourth-order valence-electron chi connectivity index (χ4n) is 3.81. The third-order valence-electron chi connectivity index (χ3n) is 5.50. The van der Waals surface area contributed by atoms with Crippen molar-refractivity contribution in [2.45, 2.75) is 32.2 Å². The second-order valence-corrected chi connectivity index (χ2v) is 7.59. The van der Waals surface area contributed by atoms with Crippen LogP contribution in [-0.2, 0) is 22.6 Å². The number of fused-ring (bicyclic) bond motifs is 1. The predicted octanol–water partition coefficient (Wildman–Crippen LogP) is 1.81. The summed E-state index contributed by atoms with van der Waals surface area (Å²) in [6.07, 6.45) is 4.26. The molecular weight excluding hydrogens is 380 g/mol. The number of piperidine rings is 1. The number of nitrogens with one attached hydrogen (secondary N) is 1. The molecule has 1 fully saturated rings. The van der Waals surface area contributed by atoms with E-state index in [0.717, 1.165) is 23.1 Å². The molecule has 1 atom stereocenters. The summed E-state index contributed by atoms with van der Waals surface area (Å²) in [5, 5.41) is 11.3. The Kier molecular flexibility index (Phi) is 6.32. The number of benzene rings is 1. The molecular formula is C22H26N6O2. The molecule has 1 aromatic carbocycles. The summed E-state index contributed by atoms with van der Waals surface area (Å²) in [6, 6.07) is 13.6. The first-order chi connectivity index (χ1) is 14.7. The fourth-order valence-corrected chi connectivity index (χ4v) is 3.81. The Hall–Kier alpha value is -3.29. The zero-order valence-electron chi connectivity index (χ0n) is 16.9. The van der Waals surface area contributed by atoms with Crippen molar-refractivity contribution in [1.82, 2.24) is 30.2 Å². The van der Waals surface area contributed by atoms with Crippen LogP contribution in [0.2, 0.25) is 0 Å². The van der Waals surface area contributed by atoms with E-state index in [2.05, 4.69) is 20.6 Å². The number of hydrogen-bond acceptors (Lipinski definition) is 5. The van der Waals surface area contributed by atoms with Crippen molar-refractivity contribution in [2.75, 3.05) is 19.6 Å². The number of hydrogen-bond donors (Lipinski definition) is 1. The molecule has 3 heterocycles. The molecule has 0 spiro atoms. The standard InChI is InChI=1S/C22H26N6O2/c29-21-10-9-17(16-27(21)15-11-18-6-3-4-12-23-18)22(30)24-13-5-14-28-20-8-2-1-7-19(20)25-26-28/h1-4,6-8,12,17H,5,9-11,13-16H2,(H,24,30). The molecule has 2 aromatic heterocycles. The normalized spacial score (nSPS) is 16.7. The topological polar surface area (TPSA) is 93.0 Å². The second-order valence-electron chi connectivity index (χ2n) is 7.59. The quantitative estimate of drug-likeness (QED) is 0.576. The smallest absolute Gasteiger partial charge is 0.224 e. The highest BCUT2D eigenvalue weighted by atomic mass is 16.2. The van der Waals surface area contributed by atoms with Crippen LogP contribution in [0.4, 0.5) is 0 Å². The summed E-state index contributed by atoms with van der Waals surface area (Å²) < 4.78 is 1.86. The molecule has 8 nitrogen and oxygen atoms in total. The molecule has 1 unspecified atom stereocenters. The first kappa shape index (κ1) is 20.0. The molecule has 4 rings (SSSR count). The van der Waals surface area contributed by atoms with Crippen LogP contribution in [0.3, 0.4) is 0 Å². The average Bonchev–Trinajstić information content (AvgIpc) is 3.20. The van der Waals surface area contributed by atoms with E-state index < -0.39 is 0 Å². The van der Waals surface area contributed by atoms with Gasteiger partial charge < -0.3 is 10.2 Å². The van der Waals surface area contributed by atoms with Gasteiger partial charge in [-0.1, -0.05) is 23.4 Å². The molecule has 8 heteroatoms. The zero-order chi connectivity index (χ0) is 20.8. The van der Waals surface area contributed by atoms with E-state index in [0.29, 0.717) is 45.4 Å². The van der Waals surface area contributed by atoms with Crippen LogP contribution < -0.4 is 5.32 Å². The Morgan fingerprint density at radius 3 is 2.87 bits per heavy atom. The van der Waals surface area contributed by atoms with Crippen LogP contribution in [0.1, 0.15) is 25.0 Å². The Morgan fingerprint density at radius 1 is 1.13 bits per heavy atom. The Balaban J connectivity index is 1.22. The summed E-state index contributed by atoms with van der Waals surface area (Å²) in [6.45, 7) is 2.34. The fraction of sp³-hybridized carbons (Fsp3) is 0.409. The van der Waals surface area contributed by atoms with Crippen molar-refractivity contribution in [3.05, 3.63) is 54.4 Å². The highest BCUT2D eigenvalue weighted by Gasteiger charge is 2.29. The minimum Gasteiger partial charge on any atom is -0.356 e. The van der Waals surface area contributed by atoms with E-state index >= 15 is 0 Å². The van der Waals surface area contributed by atoms with Gasteiger partial charge in [-0.2, -0.15) is 0 Å². The van der Waals surface area contributed by atoms with Gasteiger partial charge in [-0.05, 0) is 37.1 Å². The van der Waals surface area contributed by atoms with Gasteiger partial charge in [0, 0.05) is 50.9 Å². The lowest BCUT2D eigenvalue weighted by Gasteiger charge is -2.32. The Morgan fingerprint density at radius 2 is 2.00 bits per heavy atom. The molecule has 156 valence electrons. The number of amides is 2. The molecule has 30 heavy (non-hydrogen) atoms. The molecule has 1 saturated heterocycles. The van der Waals surface area contributed by atoms with E-state index in [1.54, 1.807) is 11.1 Å². The van der Waals surface area contributed by atoms with E-state index in [1.165, 1.54) is 0 Å². The monoisotopic (exact) mass is 406 g/mol. The van der Waals surface area contributed by atoms with Gasteiger partial charge in [-0.15, -0.1) is 5.10 Å². The summed E-state index contributed by atoms with van der Waals surface area (Å²) in [5.41, 5.74) is 2.83. The van der Waals surface area contributed by atoms with Crippen molar-refractivity contribution in [2.24, 2.45) is 5.92 Å². The number of pyridine rings is 1. The third kappa shape index (κ3) is 4.82. The lowest BCUT2D eigenvalue weighted by molar-refractivity contribution is -0.138. The van der Waals surface area contributed by atoms with Crippen LogP contribution >= 0.6 is 0 Å². The number of carbonyl (C=O) groups is 2. The number of likely N-dealkylation sites (tertiary alicyclic amines) is 1. The first-order valence-corrected chi connectivity index (χ1v) is 10.4. The van der Waals surface area contributed by atoms with Gasteiger partial charge >= 0.3 is 0 Å². The minimum absolute atomic E-state index is 0.0220. The maximum Gasteiger partial charge on any atom is 0.224 e. The Bertz CT molecular complexity index is 1000. The number of rotatable bonds is 8. The van der Waals surface area contributed by atoms with Crippen molar-refractivity contribution in [3.63, 3.8) is 0 Å². The number of aryl methyl sites for hydroxylation is 1. The van der Waals surface area contributed by atoms with Gasteiger partial charge in [0.15, 0.2) is 0 Å². The first-order valence-electron chi connectivity index (χ1n) is 10.4. The molecule has 2 amide bonds. The van der Waals surface area contributed by atoms with Gasteiger partial charge in [-0.25, -0.2) is 4.68 Å². The van der Waals surface area contributed by atoms with Crippen molar-refractivity contribution in [1.29, 1.82) is 0 Å². The van der Waals surface area contributed by atoms with E-state index in [9.17, 15) is 9.59 Å². The molecule has 3 aromatic rings. The van der Waals surface area contributed by atoms with Crippen LogP contribution in [0.25, 0.3) is 11.0 Å². The van der Waals surface area contributed by atoms with Crippen molar-refractivity contribution >= 4 is 22.8 Å². The zero-order valence-corrected chi connectivity index (χ0v) is 16.9. The second kappa shape index (κ2) is 9.47. The highest BCUT2D eigenvalue weighted by molar-refractivity contribution is 5.83. The summed E-state index contributed by atoms with van der Waals surface area (Å²) in [4.78, 5) is 30.9. The maximum atomic E-state index is 12.6. The lowest BCUT2D eigenvalue weighted by Crippen LogP contribution is -2.46. The molecule has 0 radical (unpaired) electrons. The third-order valence-corrected chi connectivity index (χ3v) is 5.50. The van der Waals surface area contributed by atoms with Gasteiger partial charge in [0.1, 0.15) is 5.52 Å². The average molecular weight is 406 g/mol. The minimum atomic E-state index is -0.154. The molecule has 0 saturated carbocycles. The maximum absolute atomic E-state index is 12.6. The van der Waals surface area contributed by atoms with E-state index in [4.69, 9.17) is 0 Å².